The van der Waals surface area contributed by atoms with Crippen LogP contribution in [-0.2, 0) is 9.53 Å². The largest absolute Gasteiger partial charge is 0.464 e. The van der Waals surface area contributed by atoms with Crippen LogP contribution in [0.5, 0.6) is 0 Å². The molecule has 3 heteroatoms. The molecular formula is C114H228O3. The summed E-state index contributed by atoms with van der Waals surface area (Å²) in [5.41, 5.74) is -2.29. The van der Waals surface area contributed by atoms with Gasteiger partial charge in [-0.15, -0.1) is 0 Å². The molecule has 0 aromatic carbocycles. The molecule has 1 N–H and O–H groups in total. The van der Waals surface area contributed by atoms with Crippen LogP contribution in [0.15, 0.2) is 0 Å². The molecule has 0 saturated carbocycles. The minimum atomic E-state index is -1.54. The topological polar surface area (TPSA) is 46.5 Å². The molecule has 0 heterocycles. The lowest BCUT2D eigenvalue weighted by molar-refractivity contribution is -0.240. The average molecular weight is 1650 g/mol. The van der Waals surface area contributed by atoms with Crippen LogP contribution < -0.4 is 0 Å². The predicted molar refractivity (Wildman–Crippen MR) is 531 cm³/mol. The fourth-order valence-corrected chi connectivity index (χ4v) is 22.1. The monoisotopic (exact) mass is 1650 g/mol. The summed E-state index contributed by atoms with van der Waals surface area (Å²) in [6.07, 6.45) is 131. The van der Waals surface area contributed by atoms with Crippen LogP contribution in [0.4, 0.5) is 0 Å². The van der Waals surface area contributed by atoms with Crippen LogP contribution in [0.1, 0.15) is 698 Å². The van der Waals surface area contributed by atoms with Crippen molar-refractivity contribution >= 4 is 5.97 Å². The first-order chi connectivity index (χ1) is 57.7. The summed E-state index contributed by atoms with van der Waals surface area (Å²) in [7, 11) is 0. The number of hydrogen-bond donors (Lipinski definition) is 1. The smallest absolute Gasteiger partial charge is 0.338 e. The van der Waals surface area contributed by atoms with Crippen molar-refractivity contribution < 1.29 is 14.6 Å². The molecule has 117 heavy (non-hydrogen) atoms. The highest BCUT2D eigenvalue weighted by atomic mass is 16.5. The Morgan fingerprint density at radius 3 is 0.462 bits per heavy atom. The average Bonchev–Trinajstić information content (AvgIpc) is 0.694. The van der Waals surface area contributed by atoms with Gasteiger partial charge in [-0.05, 0) is 75.0 Å². The van der Waals surface area contributed by atoms with Crippen molar-refractivity contribution in [1.82, 2.24) is 0 Å². The Labute approximate surface area is 742 Å². The summed E-state index contributed by atoms with van der Waals surface area (Å²) >= 11 is 0. The number of ether oxygens (including phenoxy) is 1. The fraction of sp³-hybridized carbons (Fsp3) is 0.991. The summed E-state index contributed by atoms with van der Waals surface area (Å²) in [6.45, 7) is 21.8. The fourth-order valence-electron chi connectivity index (χ4n) is 22.1. The highest BCUT2D eigenvalue weighted by Crippen LogP contribution is 2.71. The standard InChI is InChI=1S/C114H228O3/c1-10-19-28-37-46-55-64-67-76-85-94-103-111(101-92-83-74-65-56-47-38-29-20-11-2,102-93-84-75-66-57-48-39-30-21-12-3)112(104-95-86-77-68-58-49-40-31-22-13-4,105-96-87-78-69-59-50-41-32-23-14-5)113(106-97-88-79-70-60-51-42-33-24-15-6,107-98-89-80-71-61-52-43-34-25-16-7)114(116,108-99-90-81-72-62-53-44-35-26-17-8)110(115)117-109-100-91-82-73-63-54-45-36-27-18-9/h116H,10-109H2,1-9H3. The van der Waals surface area contributed by atoms with E-state index in [1.54, 1.807) is 0 Å². The molecule has 1 unspecified atom stereocenters. The summed E-state index contributed by atoms with van der Waals surface area (Å²) in [5, 5.41) is 16.1. The molecule has 0 aromatic heterocycles. The van der Waals surface area contributed by atoms with E-state index >= 15 is 9.90 Å². The molecule has 0 spiro atoms. The maximum atomic E-state index is 17.4. The maximum Gasteiger partial charge on any atom is 0.338 e. The van der Waals surface area contributed by atoms with Crippen molar-refractivity contribution in [3.63, 3.8) is 0 Å². The Kier molecular flexibility index (Phi) is 92.6. The minimum Gasteiger partial charge on any atom is -0.464 e. The quantitative estimate of drug-likeness (QED) is 0.0488. The van der Waals surface area contributed by atoms with E-state index in [0.717, 1.165) is 51.4 Å². The van der Waals surface area contributed by atoms with Crippen molar-refractivity contribution in [1.29, 1.82) is 0 Å². The Hall–Kier alpha value is -0.570. The summed E-state index contributed by atoms with van der Waals surface area (Å²) in [6, 6.07) is 0. The first-order valence-electron chi connectivity index (χ1n) is 56.6. The third kappa shape index (κ3) is 65.6. The van der Waals surface area contributed by atoms with E-state index in [4.69, 9.17) is 4.74 Å². The third-order valence-corrected chi connectivity index (χ3v) is 29.8. The number of carbonyl (C=O) groups is 1. The molecule has 1 atom stereocenters. The third-order valence-electron chi connectivity index (χ3n) is 29.8. The molecule has 0 amide bonds. The molecule has 0 aliphatic carbocycles. The van der Waals surface area contributed by atoms with Crippen LogP contribution >= 0.6 is 0 Å². The second kappa shape index (κ2) is 93.1. The molecule has 702 valence electrons. The van der Waals surface area contributed by atoms with E-state index in [0.29, 0.717) is 13.0 Å². The van der Waals surface area contributed by atoms with Gasteiger partial charge >= 0.3 is 5.97 Å². The van der Waals surface area contributed by atoms with Gasteiger partial charge in [0.25, 0.3) is 0 Å². The summed E-state index contributed by atoms with van der Waals surface area (Å²) in [5.74, 6) is -0.134. The second-order valence-electron chi connectivity index (χ2n) is 40.4. The normalized spacial score (nSPS) is 12.8. The minimum absolute atomic E-state index is 0.0324. The van der Waals surface area contributed by atoms with E-state index in [9.17, 15) is 0 Å². The van der Waals surface area contributed by atoms with Gasteiger partial charge in [0.15, 0.2) is 5.60 Å². The van der Waals surface area contributed by atoms with Crippen LogP contribution in [-0.4, -0.2) is 23.3 Å². The lowest BCUT2D eigenvalue weighted by atomic mass is 9.38. The Bertz CT molecular complexity index is 1780. The van der Waals surface area contributed by atoms with E-state index in [1.165, 1.54) is 578 Å². The SMILES string of the molecule is CCCCCCCCCCCCCC(CCCCCCCCCCCC)(CCCCCCCCCCCC)C(CCCCCCCCCCCC)(CCCCCCCCCCCC)C(CCCCCCCCCCCC)(CCCCCCCCCCCC)C(O)(CCCCCCCCCCCC)C(=O)OCCCCCCCCCCCC. The van der Waals surface area contributed by atoms with Gasteiger partial charge in [0.1, 0.15) is 0 Å². The number of esters is 1. The second-order valence-corrected chi connectivity index (χ2v) is 40.4. The van der Waals surface area contributed by atoms with Crippen LogP contribution in [0.25, 0.3) is 0 Å². The van der Waals surface area contributed by atoms with Gasteiger partial charge in [0.05, 0.1) is 6.61 Å². The Morgan fingerprint density at radius 2 is 0.291 bits per heavy atom. The molecule has 0 bridgehead atoms. The summed E-state index contributed by atoms with van der Waals surface area (Å²) in [4.78, 5) is 17.4. The predicted octanol–water partition coefficient (Wildman–Crippen LogP) is 42.0. The highest BCUT2D eigenvalue weighted by molar-refractivity contribution is 5.81. The molecular weight excluding hydrogens is 1420 g/mol. The zero-order valence-corrected chi connectivity index (χ0v) is 83.5. The van der Waals surface area contributed by atoms with E-state index in [1.807, 2.05) is 0 Å². The number of unbranched alkanes of at least 4 members (excludes halogenated alkanes) is 82. The number of aliphatic hydroxyl groups is 1. The molecule has 0 radical (unpaired) electrons. The van der Waals surface area contributed by atoms with Crippen molar-refractivity contribution in [2.45, 2.75) is 704 Å². The van der Waals surface area contributed by atoms with Gasteiger partial charge in [-0.2, -0.15) is 0 Å². The number of hydrogen-bond acceptors (Lipinski definition) is 3. The first-order valence-corrected chi connectivity index (χ1v) is 56.6. The van der Waals surface area contributed by atoms with Gasteiger partial charge in [-0.3, -0.25) is 0 Å². The van der Waals surface area contributed by atoms with Gasteiger partial charge in [0.2, 0.25) is 0 Å². The molecule has 0 rings (SSSR count). The van der Waals surface area contributed by atoms with E-state index < -0.39 is 11.0 Å². The van der Waals surface area contributed by atoms with E-state index in [2.05, 4.69) is 62.3 Å². The summed E-state index contributed by atoms with van der Waals surface area (Å²) < 4.78 is 7.26. The number of rotatable bonds is 104. The van der Waals surface area contributed by atoms with Gasteiger partial charge < -0.3 is 9.84 Å². The first kappa shape index (κ1) is 116. The van der Waals surface area contributed by atoms with E-state index in [-0.39, 0.29) is 16.8 Å². The zero-order chi connectivity index (χ0) is 85.0. The molecule has 0 aliphatic rings. The van der Waals surface area contributed by atoms with Gasteiger partial charge in [0, 0.05) is 5.41 Å². The zero-order valence-electron chi connectivity index (χ0n) is 83.5. The Morgan fingerprint density at radius 1 is 0.162 bits per heavy atom. The Balaban J connectivity index is 9.71. The number of carbonyl (C=O) groups excluding carboxylic acids is 1. The molecule has 0 fully saturated rings. The molecule has 0 saturated heterocycles. The lowest BCUT2D eigenvalue weighted by Crippen LogP contribution is -2.67. The molecule has 0 aliphatic heterocycles. The van der Waals surface area contributed by atoms with Gasteiger partial charge in [-0.25, -0.2) is 4.79 Å². The van der Waals surface area contributed by atoms with Crippen molar-refractivity contribution in [3.8, 4) is 0 Å². The van der Waals surface area contributed by atoms with Crippen LogP contribution in [0, 0.1) is 16.2 Å². The molecule has 3 nitrogen and oxygen atoms in total. The van der Waals surface area contributed by atoms with Crippen LogP contribution in [0.2, 0.25) is 0 Å². The maximum absolute atomic E-state index is 17.4. The lowest BCUT2D eigenvalue weighted by Gasteiger charge is -2.66. The van der Waals surface area contributed by atoms with Crippen molar-refractivity contribution in [3.05, 3.63) is 0 Å². The van der Waals surface area contributed by atoms with Crippen molar-refractivity contribution in [2.75, 3.05) is 6.61 Å². The van der Waals surface area contributed by atoms with Crippen molar-refractivity contribution in [2.24, 2.45) is 16.2 Å². The molecule has 0 aromatic rings. The highest BCUT2D eigenvalue weighted by Gasteiger charge is 2.69. The van der Waals surface area contributed by atoms with Gasteiger partial charge in [-0.1, -0.05) is 634 Å². The van der Waals surface area contributed by atoms with Crippen LogP contribution in [0.3, 0.4) is 0 Å².